The number of hydrogen-bond donors (Lipinski definition) is 2. The van der Waals surface area contributed by atoms with Crippen LogP contribution in [0.3, 0.4) is 0 Å². The van der Waals surface area contributed by atoms with Gasteiger partial charge >= 0.3 is 5.97 Å². The zero-order valence-electron chi connectivity index (χ0n) is 8.79. The van der Waals surface area contributed by atoms with E-state index in [1.165, 1.54) is 17.8 Å². The fraction of sp³-hybridized carbons (Fsp3) is 0.0833. The first kappa shape index (κ1) is 11.6. The number of furan rings is 1. The largest absolute Gasteiger partial charge is 0.508 e. The van der Waals surface area contributed by atoms with Gasteiger partial charge in [0.25, 0.3) is 0 Å². The molecule has 0 bridgehead atoms. The Morgan fingerprint density at radius 3 is 2.76 bits per heavy atom. The van der Waals surface area contributed by atoms with Gasteiger partial charge in [0.15, 0.2) is 0 Å². The van der Waals surface area contributed by atoms with Gasteiger partial charge in [-0.1, -0.05) is 6.07 Å². The summed E-state index contributed by atoms with van der Waals surface area (Å²) in [5.74, 6) is 0.197. The van der Waals surface area contributed by atoms with E-state index in [0.29, 0.717) is 11.5 Å². The summed E-state index contributed by atoms with van der Waals surface area (Å²) in [5.41, 5.74) is 0. The molecule has 1 aromatic carbocycles. The third-order valence-corrected chi connectivity index (χ3v) is 3.09. The second kappa shape index (κ2) is 4.97. The maximum atomic E-state index is 10.6. The number of aromatic hydroxyl groups is 1. The van der Waals surface area contributed by atoms with Crippen molar-refractivity contribution in [1.82, 2.24) is 0 Å². The van der Waals surface area contributed by atoms with Crippen molar-refractivity contribution in [3.63, 3.8) is 0 Å². The van der Waals surface area contributed by atoms with Crippen molar-refractivity contribution in [2.24, 2.45) is 0 Å². The molecule has 0 amide bonds. The maximum absolute atomic E-state index is 10.6. The van der Waals surface area contributed by atoms with E-state index in [1.54, 1.807) is 24.3 Å². The van der Waals surface area contributed by atoms with Gasteiger partial charge in [-0.25, -0.2) is 4.79 Å². The Bertz CT molecular complexity index is 533. The molecule has 0 saturated heterocycles. The van der Waals surface area contributed by atoms with Crippen molar-refractivity contribution < 1.29 is 19.4 Å². The Morgan fingerprint density at radius 1 is 1.29 bits per heavy atom. The molecule has 0 radical (unpaired) electrons. The molecule has 1 heterocycles. The van der Waals surface area contributed by atoms with E-state index in [9.17, 15) is 9.90 Å². The number of carboxylic acids is 1. The summed E-state index contributed by atoms with van der Waals surface area (Å²) in [5, 5.41) is 18.0. The fourth-order valence-electron chi connectivity index (χ4n) is 1.30. The van der Waals surface area contributed by atoms with Gasteiger partial charge in [-0.2, -0.15) is 0 Å². The molecule has 0 aliphatic carbocycles. The second-order valence-electron chi connectivity index (χ2n) is 3.36. The number of hydrogen-bond acceptors (Lipinski definition) is 4. The molecule has 0 fully saturated rings. The number of aromatic carboxylic acids is 1. The zero-order valence-corrected chi connectivity index (χ0v) is 9.61. The molecular formula is C12H10O4S. The Labute approximate surface area is 102 Å². The highest BCUT2D eigenvalue weighted by molar-refractivity contribution is 7.98. The smallest absolute Gasteiger partial charge is 0.371 e. The van der Waals surface area contributed by atoms with Crippen LogP contribution in [-0.4, -0.2) is 16.2 Å². The van der Waals surface area contributed by atoms with E-state index in [4.69, 9.17) is 9.52 Å². The molecular weight excluding hydrogens is 240 g/mol. The number of thioether (sulfide) groups is 1. The van der Waals surface area contributed by atoms with E-state index in [2.05, 4.69) is 0 Å². The van der Waals surface area contributed by atoms with Crippen LogP contribution in [0.2, 0.25) is 0 Å². The van der Waals surface area contributed by atoms with Crippen LogP contribution in [0, 0.1) is 0 Å². The van der Waals surface area contributed by atoms with E-state index >= 15 is 0 Å². The first-order chi connectivity index (χ1) is 8.15. The molecule has 0 spiro atoms. The summed E-state index contributed by atoms with van der Waals surface area (Å²) in [6.07, 6.45) is 0. The van der Waals surface area contributed by atoms with Crippen LogP contribution >= 0.6 is 11.8 Å². The fourth-order valence-corrected chi connectivity index (χ4v) is 2.14. The Morgan fingerprint density at radius 2 is 2.12 bits per heavy atom. The minimum Gasteiger partial charge on any atom is -0.508 e. The average Bonchev–Trinajstić information content (AvgIpc) is 2.75. The number of rotatable bonds is 4. The average molecular weight is 250 g/mol. The topological polar surface area (TPSA) is 70.7 Å². The van der Waals surface area contributed by atoms with Crippen molar-refractivity contribution in [2.45, 2.75) is 10.6 Å². The van der Waals surface area contributed by atoms with Gasteiger partial charge in [-0.15, -0.1) is 11.8 Å². The zero-order chi connectivity index (χ0) is 12.3. The van der Waals surface area contributed by atoms with Crippen LogP contribution in [0.5, 0.6) is 5.75 Å². The Kier molecular flexibility index (Phi) is 3.39. The Balaban J connectivity index is 2.00. The lowest BCUT2D eigenvalue weighted by molar-refractivity contribution is 0.0661. The number of carboxylic acid groups (broad SMARTS) is 1. The lowest BCUT2D eigenvalue weighted by Crippen LogP contribution is -1.91. The van der Waals surface area contributed by atoms with Gasteiger partial charge in [0, 0.05) is 4.90 Å². The van der Waals surface area contributed by atoms with E-state index in [0.717, 1.165) is 4.90 Å². The van der Waals surface area contributed by atoms with Gasteiger partial charge in [0.2, 0.25) is 5.76 Å². The molecule has 0 saturated carbocycles. The number of phenols is 1. The maximum Gasteiger partial charge on any atom is 0.371 e. The normalized spacial score (nSPS) is 10.4. The highest BCUT2D eigenvalue weighted by Gasteiger charge is 2.08. The first-order valence-corrected chi connectivity index (χ1v) is 5.87. The summed E-state index contributed by atoms with van der Waals surface area (Å²) in [7, 11) is 0. The molecule has 4 nitrogen and oxygen atoms in total. The molecule has 0 atom stereocenters. The van der Waals surface area contributed by atoms with Gasteiger partial charge in [-0.05, 0) is 30.3 Å². The highest BCUT2D eigenvalue weighted by atomic mass is 32.2. The third kappa shape index (κ3) is 3.04. The van der Waals surface area contributed by atoms with E-state index in [-0.39, 0.29) is 11.5 Å². The molecule has 17 heavy (non-hydrogen) atoms. The quantitative estimate of drug-likeness (QED) is 0.816. The number of phenolic OH excluding ortho intramolecular Hbond substituents is 1. The monoisotopic (exact) mass is 250 g/mol. The summed E-state index contributed by atoms with van der Waals surface area (Å²) in [6.45, 7) is 0. The Hall–Kier alpha value is -1.88. The molecule has 2 aromatic rings. The SMILES string of the molecule is O=C(O)c1ccc(CSc2cccc(O)c2)o1. The second-order valence-corrected chi connectivity index (χ2v) is 4.41. The van der Waals surface area contributed by atoms with Crippen LogP contribution in [0.1, 0.15) is 16.3 Å². The van der Waals surface area contributed by atoms with Crippen molar-refractivity contribution >= 4 is 17.7 Å². The standard InChI is InChI=1S/C12H10O4S/c13-8-2-1-3-10(6-8)17-7-9-4-5-11(16-9)12(14)15/h1-6,13H,7H2,(H,14,15). The van der Waals surface area contributed by atoms with Gasteiger partial charge in [-0.3, -0.25) is 0 Å². The predicted molar refractivity (Wildman–Crippen MR) is 63.3 cm³/mol. The first-order valence-electron chi connectivity index (χ1n) is 4.89. The summed E-state index contributed by atoms with van der Waals surface area (Å²) in [4.78, 5) is 11.5. The molecule has 0 aliphatic heterocycles. The van der Waals surface area contributed by atoms with Crippen molar-refractivity contribution in [3.8, 4) is 5.75 Å². The van der Waals surface area contributed by atoms with Crippen molar-refractivity contribution in [1.29, 1.82) is 0 Å². The predicted octanol–water partition coefficient (Wildman–Crippen LogP) is 2.98. The van der Waals surface area contributed by atoms with E-state index < -0.39 is 5.97 Å². The summed E-state index contributed by atoms with van der Waals surface area (Å²) >= 11 is 1.47. The third-order valence-electron chi connectivity index (χ3n) is 2.07. The molecule has 0 unspecified atom stereocenters. The van der Waals surface area contributed by atoms with Gasteiger partial charge in [0.05, 0.1) is 5.75 Å². The summed E-state index contributed by atoms with van der Waals surface area (Å²) in [6, 6.07) is 9.93. The highest BCUT2D eigenvalue weighted by Crippen LogP contribution is 2.26. The molecule has 1 aromatic heterocycles. The van der Waals surface area contributed by atoms with Crippen LogP contribution in [0.25, 0.3) is 0 Å². The lowest BCUT2D eigenvalue weighted by Gasteiger charge is -1.99. The molecule has 0 aliphatic rings. The van der Waals surface area contributed by atoms with Crippen LogP contribution < -0.4 is 0 Å². The molecule has 88 valence electrons. The lowest BCUT2D eigenvalue weighted by atomic mass is 10.3. The molecule has 5 heteroatoms. The minimum atomic E-state index is -1.07. The number of carbonyl (C=O) groups is 1. The molecule has 2 rings (SSSR count). The van der Waals surface area contributed by atoms with Crippen molar-refractivity contribution in [2.75, 3.05) is 0 Å². The van der Waals surface area contributed by atoms with Crippen LogP contribution in [0.4, 0.5) is 0 Å². The minimum absolute atomic E-state index is 0.0588. The van der Waals surface area contributed by atoms with E-state index in [1.807, 2.05) is 6.07 Å². The van der Waals surface area contributed by atoms with Crippen LogP contribution in [-0.2, 0) is 5.75 Å². The summed E-state index contributed by atoms with van der Waals surface area (Å²) < 4.78 is 5.11. The van der Waals surface area contributed by atoms with Gasteiger partial charge in [0.1, 0.15) is 11.5 Å². The van der Waals surface area contributed by atoms with Crippen molar-refractivity contribution in [3.05, 3.63) is 47.9 Å². The number of benzene rings is 1. The molecule has 2 N–H and O–H groups in total. The van der Waals surface area contributed by atoms with Crippen LogP contribution in [0.15, 0.2) is 45.7 Å². The van der Waals surface area contributed by atoms with Gasteiger partial charge < -0.3 is 14.6 Å².